The Morgan fingerprint density at radius 2 is 1.97 bits per heavy atom. The van der Waals surface area contributed by atoms with Crippen LogP contribution in [0.3, 0.4) is 0 Å². The second-order valence-electron chi connectivity index (χ2n) is 8.39. The molecule has 32 heavy (non-hydrogen) atoms. The van der Waals surface area contributed by atoms with Crippen LogP contribution >= 0.6 is 0 Å². The summed E-state index contributed by atoms with van der Waals surface area (Å²) in [4.78, 5) is 6.66. The van der Waals surface area contributed by atoms with Gasteiger partial charge in [0.25, 0.3) is 0 Å². The minimum atomic E-state index is 0.432. The minimum absolute atomic E-state index is 0.432. The van der Waals surface area contributed by atoms with E-state index in [2.05, 4.69) is 56.5 Å². The van der Waals surface area contributed by atoms with Crippen LogP contribution in [-0.4, -0.2) is 46.4 Å². The summed E-state index contributed by atoms with van der Waals surface area (Å²) in [5, 5.41) is 8.49. The third kappa shape index (κ3) is 4.98. The molecule has 1 saturated heterocycles. The van der Waals surface area contributed by atoms with Gasteiger partial charge in [-0.3, -0.25) is 15.0 Å². The minimum Gasteiger partial charge on any atom is -0.489 e. The largest absolute Gasteiger partial charge is 0.489 e. The van der Waals surface area contributed by atoms with E-state index < -0.39 is 0 Å². The van der Waals surface area contributed by atoms with Crippen LogP contribution in [0.2, 0.25) is 0 Å². The van der Waals surface area contributed by atoms with E-state index in [1.54, 1.807) is 6.20 Å². The maximum Gasteiger partial charge on any atom is 0.124 e. The van der Waals surface area contributed by atoms with E-state index in [1.165, 1.54) is 16.5 Å². The average Bonchev–Trinajstić information content (AvgIpc) is 3.21. The quantitative estimate of drug-likeness (QED) is 0.477. The molecule has 1 N–H and O–H groups in total. The number of aromatic amines is 1. The molecule has 0 bridgehead atoms. The first-order valence-corrected chi connectivity index (χ1v) is 11.2. The molecule has 2 aromatic carbocycles. The van der Waals surface area contributed by atoms with Crippen LogP contribution < -0.4 is 4.74 Å². The molecule has 0 amide bonds. The van der Waals surface area contributed by atoms with Crippen molar-refractivity contribution in [2.45, 2.75) is 19.6 Å². The number of rotatable bonds is 7. The Bertz CT molecular complexity index is 1140. The van der Waals surface area contributed by atoms with Crippen molar-refractivity contribution in [2.75, 3.05) is 26.3 Å². The van der Waals surface area contributed by atoms with E-state index in [0.717, 1.165) is 56.1 Å². The van der Waals surface area contributed by atoms with Crippen molar-refractivity contribution < 1.29 is 9.47 Å². The van der Waals surface area contributed by atoms with Crippen molar-refractivity contribution in [1.29, 1.82) is 0 Å². The molecule has 1 atom stereocenters. The molecule has 1 fully saturated rings. The maximum absolute atomic E-state index is 6.15. The maximum atomic E-state index is 6.15. The number of H-pyrrole nitrogens is 1. The van der Waals surface area contributed by atoms with Crippen molar-refractivity contribution >= 4 is 10.9 Å². The number of para-hydroxylation sites is 1. The lowest BCUT2D eigenvalue weighted by atomic mass is 9.97. The predicted octanol–water partition coefficient (Wildman–Crippen LogP) is 4.23. The first-order valence-electron chi connectivity index (χ1n) is 11.2. The summed E-state index contributed by atoms with van der Waals surface area (Å²) in [5.41, 5.74) is 4.69. The molecule has 1 unspecified atom stereocenters. The molecule has 0 radical (unpaired) electrons. The number of hydrogen-bond acceptors (Lipinski definition) is 5. The number of hydrogen-bond donors (Lipinski definition) is 1. The van der Waals surface area contributed by atoms with E-state index in [4.69, 9.17) is 9.47 Å². The van der Waals surface area contributed by atoms with Gasteiger partial charge in [0.2, 0.25) is 0 Å². The van der Waals surface area contributed by atoms with Crippen molar-refractivity contribution in [3.05, 3.63) is 89.9 Å². The molecule has 5 rings (SSSR count). The van der Waals surface area contributed by atoms with E-state index in [1.807, 2.05) is 30.6 Å². The highest BCUT2D eigenvalue weighted by atomic mass is 16.5. The molecule has 0 spiro atoms. The molecular weight excluding hydrogens is 400 g/mol. The second kappa shape index (κ2) is 9.94. The zero-order chi connectivity index (χ0) is 21.6. The summed E-state index contributed by atoms with van der Waals surface area (Å²) in [7, 11) is 0. The third-order valence-electron chi connectivity index (χ3n) is 5.99. The van der Waals surface area contributed by atoms with Gasteiger partial charge in [0.05, 0.1) is 24.9 Å². The summed E-state index contributed by atoms with van der Waals surface area (Å²) in [6.45, 7) is 4.81. The lowest BCUT2D eigenvalue weighted by Crippen LogP contribution is -2.30. The number of fused-ring (bicyclic) bond motifs is 1. The van der Waals surface area contributed by atoms with Crippen LogP contribution in [0.25, 0.3) is 10.9 Å². The van der Waals surface area contributed by atoms with Gasteiger partial charge in [-0.05, 0) is 36.1 Å². The smallest absolute Gasteiger partial charge is 0.124 e. The van der Waals surface area contributed by atoms with Crippen LogP contribution in [0, 0.1) is 5.92 Å². The summed E-state index contributed by atoms with van der Waals surface area (Å²) < 4.78 is 12.1. The molecule has 1 aliphatic rings. The van der Waals surface area contributed by atoms with E-state index in [-0.39, 0.29) is 0 Å². The number of benzene rings is 2. The normalized spacial score (nSPS) is 17.3. The first kappa shape index (κ1) is 20.7. The Hall–Kier alpha value is -3.22. The van der Waals surface area contributed by atoms with Gasteiger partial charge in [-0.1, -0.05) is 36.4 Å². The van der Waals surface area contributed by atoms with Gasteiger partial charge < -0.3 is 9.47 Å². The van der Waals surface area contributed by atoms with Crippen molar-refractivity contribution in [3.63, 3.8) is 0 Å². The Kier molecular flexibility index (Phi) is 6.42. The molecular formula is C26H28N4O2. The van der Waals surface area contributed by atoms with E-state index >= 15 is 0 Å². The summed E-state index contributed by atoms with van der Waals surface area (Å²) in [6, 6.07) is 18.7. The highest BCUT2D eigenvalue weighted by Gasteiger charge is 2.21. The highest BCUT2D eigenvalue weighted by Crippen LogP contribution is 2.24. The summed E-state index contributed by atoms with van der Waals surface area (Å²) in [5.74, 6) is 1.36. The number of nitrogens with one attached hydrogen (secondary N) is 1. The number of nitrogens with zero attached hydrogens (tertiary/aromatic N) is 3. The summed E-state index contributed by atoms with van der Waals surface area (Å²) >= 11 is 0. The predicted molar refractivity (Wildman–Crippen MR) is 124 cm³/mol. The highest BCUT2D eigenvalue weighted by molar-refractivity contribution is 5.81. The second-order valence-corrected chi connectivity index (χ2v) is 8.39. The van der Waals surface area contributed by atoms with Crippen LogP contribution in [0.4, 0.5) is 0 Å². The molecule has 3 heterocycles. The molecule has 6 nitrogen and oxygen atoms in total. The zero-order valence-corrected chi connectivity index (χ0v) is 18.1. The molecule has 6 heteroatoms. The van der Waals surface area contributed by atoms with Gasteiger partial charge in [-0.2, -0.15) is 5.10 Å². The first-order chi connectivity index (χ1) is 15.8. The number of ether oxygens (including phenoxy) is 2. The lowest BCUT2D eigenvalue weighted by Gasteiger charge is -2.24. The molecule has 4 aromatic rings. The molecule has 1 aliphatic heterocycles. The van der Waals surface area contributed by atoms with Gasteiger partial charge in [0.1, 0.15) is 12.4 Å². The Morgan fingerprint density at radius 3 is 2.91 bits per heavy atom. The Balaban J connectivity index is 1.26. The Labute approximate surface area is 188 Å². The average molecular weight is 429 g/mol. The van der Waals surface area contributed by atoms with Gasteiger partial charge in [-0.15, -0.1) is 0 Å². The van der Waals surface area contributed by atoms with Gasteiger partial charge in [0.15, 0.2) is 0 Å². The zero-order valence-electron chi connectivity index (χ0n) is 18.1. The topological polar surface area (TPSA) is 63.3 Å². The molecule has 164 valence electrons. The third-order valence-corrected chi connectivity index (χ3v) is 5.99. The van der Waals surface area contributed by atoms with Gasteiger partial charge >= 0.3 is 0 Å². The SMILES string of the molecule is c1cncc(COc2ccccc2CN2CCOCC(Cc3cccc4[nH]ncc34)C2)c1. The molecule has 0 saturated carbocycles. The summed E-state index contributed by atoms with van der Waals surface area (Å²) in [6.07, 6.45) is 6.53. The molecule has 0 aliphatic carbocycles. The fourth-order valence-corrected chi connectivity index (χ4v) is 4.40. The standard InChI is InChI=1S/C26H28N4O2/c1-2-9-26(32-19-20-5-4-10-27-14-20)23(6-1)17-30-11-12-31-18-21(16-30)13-22-7-3-8-25-24(22)15-28-29-25/h1-10,14-15,21H,11-13,16-19H2,(H,28,29). The van der Waals surface area contributed by atoms with Gasteiger partial charge in [0, 0.05) is 48.5 Å². The van der Waals surface area contributed by atoms with Gasteiger partial charge in [-0.25, -0.2) is 0 Å². The van der Waals surface area contributed by atoms with Crippen LogP contribution in [0.5, 0.6) is 5.75 Å². The Morgan fingerprint density at radius 1 is 1.03 bits per heavy atom. The number of aromatic nitrogens is 3. The lowest BCUT2D eigenvalue weighted by molar-refractivity contribution is 0.122. The van der Waals surface area contributed by atoms with Crippen molar-refractivity contribution in [3.8, 4) is 5.75 Å². The van der Waals surface area contributed by atoms with Crippen LogP contribution in [-0.2, 0) is 24.3 Å². The fraction of sp³-hybridized carbons (Fsp3) is 0.308. The van der Waals surface area contributed by atoms with Crippen molar-refractivity contribution in [1.82, 2.24) is 20.1 Å². The monoisotopic (exact) mass is 428 g/mol. The van der Waals surface area contributed by atoms with E-state index in [0.29, 0.717) is 12.5 Å². The van der Waals surface area contributed by atoms with Crippen LogP contribution in [0.15, 0.2) is 73.2 Å². The number of pyridine rings is 1. The fourth-order valence-electron chi connectivity index (χ4n) is 4.40. The van der Waals surface area contributed by atoms with Crippen molar-refractivity contribution in [2.24, 2.45) is 5.92 Å². The van der Waals surface area contributed by atoms with E-state index in [9.17, 15) is 0 Å². The molecule has 2 aromatic heterocycles. The van der Waals surface area contributed by atoms with Crippen LogP contribution in [0.1, 0.15) is 16.7 Å².